The predicted octanol–water partition coefficient (Wildman–Crippen LogP) is 7.74. The molecule has 3 N–H and O–H groups in total. The summed E-state index contributed by atoms with van der Waals surface area (Å²) in [5, 5.41) is 45.9. The highest BCUT2D eigenvalue weighted by Crippen LogP contribution is 2.72. The van der Waals surface area contributed by atoms with E-state index in [1.165, 1.54) is 12.7 Å². The number of thiophene rings is 2. The molecule has 0 aromatic carbocycles. The van der Waals surface area contributed by atoms with E-state index in [1.807, 2.05) is 40.6 Å². The number of aliphatic hydroxyl groups excluding tert-OH is 2. The van der Waals surface area contributed by atoms with Gasteiger partial charge in [-0.2, -0.15) is 32.8 Å². The topological polar surface area (TPSA) is 163 Å². The Kier molecular flexibility index (Phi) is 10.9. The summed E-state index contributed by atoms with van der Waals surface area (Å²) < 4.78 is 5.40. The van der Waals surface area contributed by atoms with E-state index in [2.05, 4.69) is 43.0 Å². The number of hydrogen-bond donors (Lipinski definition) is 3. The first-order chi connectivity index (χ1) is 31.9. The van der Waals surface area contributed by atoms with Crippen LogP contribution >= 0.6 is 22.7 Å². The van der Waals surface area contributed by atoms with Crippen LogP contribution in [0.4, 0.5) is 0 Å². The Labute approximate surface area is 400 Å². The number of ether oxygens (including phenoxy) is 1. The summed E-state index contributed by atoms with van der Waals surface area (Å²) in [5.74, 6) is -0.335. The molecule has 2 aliphatic heterocycles. The molecule has 0 unspecified atom stereocenters. The van der Waals surface area contributed by atoms with Crippen molar-refractivity contribution in [2.24, 2.45) is 69.0 Å². The highest BCUT2D eigenvalue weighted by Gasteiger charge is 2.78. The molecule has 0 amide bonds. The van der Waals surface area contributed by atoms with E-state index in [-0.39, 0.29) is 75.7 Å². The van der Waals surface area contributed by atoms with Crippen molar-refractivity contribution in [2.45, 2.75) is 116 Å². The molecule has 2 aromatic rings. The van der Waals surface area contributed by atoms with Gasteiger partial charge in [0.05, 0.1) is 19.3 Å². The predicted molar refractivity (Wildman–Crippen MR) is 250 cm³/mol. The lowest BCUT2D eigenvalue weighted by molar-refractivity contribution is -0.263. The van der Waals surface area contributed by atoms with Crippen LogP contribution in [0.25, 0.3) is 0 Å². The Hall–Kier alpha value is -3.60. The van der Waals surface area contributed by atoms with Crippen LogP contribution in [0.3, 0.4) is 0 Å². The van der Waals surface area contributed by atoms with E-state index < -0.39 is 40.2 Å². The standard InChI is InChI=1S/C27H33NO5S.C26H31NO5S/c1-25-8-6-19(29)10-17(25)4-5-20-21-11-18-14-28(13-16-7-9-34-15-16)33-27(18,24(31)32-3)26(21,2)12-22(30)23(20)25;1-24-7-5-18(28)9-16(24)3-4-19-20-10-17-13-27(12-15-6-8-33-14-15)32-26(17,23(30)31)25(20,2)11-21(29)22(19)24/h6-10,15,18,20-23,30H,4-5,11-14H2,1-3H3;5-9,14,17,19-22,29H,3-4,10-13H2,1-2H3,(H,30,31)/t18-,20-,21-,22-,23+,25-,26-,27-;17-,19-,20-,21-,22+,24-,25-,26-/m00/s1. The number of fused-ring (bicyclic) bond motifs is 14. The SMILES string of the molecule is COC(=O)[C@@]12ON(Cc3ccsc3)C[C@@H]1C[C@H]1[C@@H]3CCC4=CC(=O)C=C[C@]4(C)[C@H]3[C@@H](O)C[C@@]12C.C[C@]12C=CC(=O)C=C1CC[C@@H]1[C@@H]2[C@@H](O)C[C@@]2(C)[C@H]1C[C@H]1CN(Cc3ccsc3)O[C@]12C(=O)O. The number of aliphatic carboxylic acids is 1. The average molecular weight is 953 g/mol. The Bertz CT molecular complexity index is 2480. The minimum absolute atomic E-state index is 0.00786. The van der Waals surface area contributed by atoms with E-state index in [4.69, 9.17) is 14.4 Å². The van der Waals surface area contributed by atoms with Gasteiger partial charge in [-0.05, 0) is 144 Å². The maximum Gasteiger partial charge on any atom is 0.341 e. The molecule has 10 aliphatic rings. The third kappa shape index (κ3) is 6.41. The van der Waals surface area contributed by atoms with Gasteiger partial charge in [-0.3, -0.25) is 19.3 Å². The third-order valence-electron chi connectivity index (χ3n) is 19.8. The van der Waals surface area contributed by atoms with Crippen LogP contribution in [0.5, 0.6) is 0 Å². The molecule has 2 saturated heterocycles. The van der Waals surface area contributed by atoms with E-state index in [9.17, 15) is 34.5 Å². The average Bonchev–Trinajstić information content (AvgIpc) is 4.15. The molecule has 2 aromatic heterocycles. The lowest BCUT2D eigenvalue weighted by Gasteiger charge is -2.59. The van der Waals surface area contributed by atoms with Crippen LogP contribution in [0.2, 0.25) is 0 Å². The van der Waals surface area contributed by atoms with Crippen LogP contribution in [-0.2, 0) is 46.7 Å². The first-order valence-electron chi connectivity index (χ1n) is 24.4. The first kappa shape index (κ1) is 45.8. The zero-order valence-electron chi connectivity index (χ0n) is 39.1. The van der Waals surface area contributed by atoms with Gasteiger partial charge in [-0.1, -0.05) is 51.0 Å². The molecule has 0 bridgehead atoms. The molecule has 12 rings (SSSR count). The fourth-order valence-corrected chi connectivity index (χ4v) is 18.4. The zero-order valence-corrected chi connectivity index (χ0v) is 40.7. The van der Waals surface area contributed by atoms with E-state index in [0.717, 1.165) is 55.2 Å². The van der Waals surface area contributed by atoms with Gasteiger partial charge in [-0.25, -0.2) is 9.59 Å². The summed E-state index contributed by atoms with van der Waals surface area (Å²) in [6.07, 6.45) is 15.7. The minimum Gasteiger partial charge on any atom is -0.479 e. The highest BCUT2D eigenvalue weighted by atomic mass is 32.1. The van der Waals surface area contributed by atoms with Gasteiger partial charge in [0.15, 0.2) is 22.8 Å². The van der Waals surface area contributed by atoms with Gasteiger partial charge >= 0.3 is 11.9 Å². The van der Waals surface area contributed by atoms with Gasteiger partial charge in [-0.15, -0.1) is 0 Å². The Morgan fingerprint density at radius 3 is 1.61 bits per heavy atom. The second-order valence-corrected chi connectivity index (χ2v) is 24.2. The van der Waals surface area contributed by atoms with Gasteiger partial charge < -0.3 is 20.1 Å². The van der Waals surface area contributed by atoms with E-state index >= 15 is 0 Å². The molecular formula is C53H64N2O10S2. The number of carbonyl (C=O) groups is 4. The zero-order chi connectivity index (χ0) is 47.1. The Morgan fingerprint density at radius 1 is 0.731 bits per heavy atom. The van der Waals surface area contributed by atoms with Gasteiger partial charge in [0.1, 0.15) is 0 Å². The van der Waals surface area contributed by atoms with E-state index in [1.54, 1.807) is 47.0 Å². The fraction of sp³-hybridized carbons (Fsp3) is 0.623. The van der Waals surface area contributed by atoms with Crippen molar-refractivity contribution >= 4 is 46.2 Å². The van der Waals surface area contributed by atoms with Gasteiger partial charge in [0.2, 0.25) is 0 Å². The van der Waals surface area contributed by atoms with Crippen LogP contribution in [0.15, 0.2) is 81.3 Å². The minimum atomic E-state index is -1.31. The smallest absolute Gasteiger partial charge is 0.341 e. The normalized spacial score (nSPS) is 45.8. The largest absolute Gasteiger partial charge is 0.479 e. The van der Waals surface area contributed by atoms with Gasteiger partial charge in [0, 0.05) is 71.5 Å². The molecule has 358 valence electrons. The van der Waals surface area contributed by atoms with Crippen molar-refractivity contribution < 1.29 is 48.9 Å². The number of carboxylic acid groups (broad SMARTS) is 1. The second-order valence-electron chi connectivity index (χ2n) is 22.6. The number of aliphatic hydroxyl groups is 2. The molecule has 0 spiro atoms. The number of hydroxylamine groups is 4. The number of ketones is 2. The molecule has 8 aliphatic carbocycles. The van der Waals surface area contributed by atoms with Crippen LogP contribution < -0.4 is 0 Å². The van der Waals surface area contributed by atoms with Crippen molar-refractivity contribution in [3.63, 3.8) is 0 Å². The lowest BCUT2D eigenvalue weighted by atomic mass is 9.46. The Balaban J connectivity index is 0.000000148. The van der Waals surface area contributed by atoms with Crippen molar-refractivity contribution in [2.75, 3.05) is 20.2 Å². The van der Waals surface area contributed by atoms with Crippen molar-refractivity contribution in [1.82, 2.24) is 10.1 Å². The number of nitrogens with zero attached hydrogens (tertiary/aromatic N) is 2. The summed E-state index contributed by atoms with van der Waals surface area (Å²) >= 11 is 3.28. The number of methoxy groups -OCH3 is 1. The molecule has 12 nitrogen and oxygen atoms in total. The summed E-state index contributed by atoms with van der Waals surface area (Å²) in [5.41, 5.74) is 0.319. The molecule has 0 radical (unpaired) electrons. The number of esters is 1. The lowest BCUT2D eigenvalue weighted by Crippen LogP contribution is -2.62. The molecule has 4 heterocycles. The summed E-state index contributed by atoms with van der Waals surface area (Å²) in [7, 11) is 1.44. The number of rotatable bonds is 6. The maximum atomic E-state index is 13.5. The van der Waals surface area contributed by atoms with Crippen LogP contribution in [0.1, 0.15) is 90.2 Å². The number of hydrogen-bond acceptors (Lipinski definition) is 13. The molecule has 14 heteroatoms. The Morgan fingerprint density at radius 2 is 1.18 bits per heavy atom. The molecule has 6 saturated carbocycles. The summed E-state index contributed by atoms with van der Waals surface area (Å²) in [6.45, 7) is 11.0. The molecule has 8 fully saturated rings. The summed E-state index contributed by atoms with van der Waals surface area (Å²) in [6, 6.07) is 4.13. The third-order valence-corrected chi connectivity index (χ3v) is 21.2. The number of carboxylic acids is 1. The molecular weight excluding hydrogens is 889 g/mol. The molecule has 16 atom stereocenters. The fourth-order valence-electron chi connectivity index (χ4n) is 17.1. The highest BCUT2D eigenvalue weighted by molar-refractivity contribution is 7.08. The quantitative estimate of drug-likeness (QED) is 0.242. The van der Waals surface area contributed by atoms with Crippen molar-refractivity contribution in [1.29, 1.82) is 0 Å². The van der Waals surface area contributed by atoms with Gasteiger partial charge in [0.25, 0.3) is 0 Å². The molecule has 67 heavy (non-hydrogen) atoms. The number of allylic oxidation sites excluding steroid dienone is 8. The van der Waals surface area contributed by atoms with Crippen molar-refractivity contribution in [3.8, 4) is 0 Å². The van der Waals surface area contributed by atoms with Crippen LogP contribution in [-0.4, -0.2) is 92.6 Å². The number of carbonyl (C=O) groups excluding carboxylic acids is 3. The second kappa shape index (κ2) is 16.0. The summed E-state index contributed by atoms with van der Waals surface area (Å²) in [4.78, 5) is 63.5. The van der Waals surface area contributed by atoms with Crippen molar-refractivity contribution in [3.05, 3.63) is 92.4 Å². The monoisotopic (exact) mass is 952 g/mol. The van der Waals surface area contributed by atoms with Crippen LogP contribution in [0, 0.1) is 69.0 Å². The van der Waals surface area contributed by atoms with E-state index in [0.29, 0.717) is 39.0 Å². The maximum absolute atomic E-state index is 13.5. The first-order valence-corrected chi connectivity index (χ1v) is 26.3.